The molecular formula is C12H16O3. The average Bonchev–Trinajstić information content (AvgIpc) is 2.28. The molecule has 0 heterocycles. The van der Waals surface area contributed by atoms with Gasteiger partial charge in [-0.25, -0.2) is 0 Å². The fraction of sp³-hybridized carbons (Fsp3) is 0.417. The fourth-order valence-electron chi connectivity index (χ4n) is 1.44. The smallest absolute Gasteiger partial charge is 0.308 e. The Labute approximate surface area is 90.0 Å². The summed E-state index contributed by atoms with van der Waals surface area (Å²) >= 11 is 0. The predicted molar refractivity (Wildman–Crippen MR) is 57.9 cm³/mol. The number of rotatable bonds is 4. The molecule has 3 heteroatoms. The molecule has 0 aromatic heterocycles. The fourth-order valence-corrected chi connectivity index (χ4v) is 1.44. The van der Waals surface area contributed by atoms with Crippen molar-refractivity contribution >= 4 is 5.97 Å². The Hall–Kier alpha value is -1.51. The van der Waals surface area contributed by atoms with Gasteiger partial charge in [0.15, 0.2) is 0 Å². The number of methoxy groups -OCH3 is 2. The van der Waals surface area contributed by atoms with Gasteiger partial charge in [0.1, 0.15) is 5.75 Å². The molecule has 0 unspecified atom stereocenters. The van der Waals surface area contributed by atoms with Gasteiger partial charge in [-0.05, 0) is 24.1 Å². The van der Waals surface area contributed by atoms with E-state index < -0.39 is 0 Å². The first-order valence-corrected chi connectivity index (χ1v) is 4.88. The Morgan fingerprint density at radius 3 is 2.73 bits per heavy atom. The topological polar surface area (TPSA) is 35.5 Å². The van der Waals surface area contributed by atoms with Gasteiger partial charge in [-0.3, -0.25) is 4.79 Å². The summed E-state index contributed by atoms with van der Waals surface area (Å²) < 4.78 is 9.78. The molecule has 0 radical (unpaired) electrons. The highest BCUT2D eigenvalue weighted by atomic mass is 16.5. The summed E-state index contributed by atoms with van der Waals surface area (Å²) in [5.74, 6) is 0.504. The summed E-state index contributed by atoms with van der Waals surface area (Å²) in [6, 6.07) is 7.70. The second kappa shape index (κ2) is 5.39. The minimum atomic E-state index is -0.183. The number of benzene rings is 1. The van der Waals surface area contributed by atoms with Gasteiger partial charge in [-0.1, -0.05) is 19.1 Å². The van der Waals surface area contributed by atoms with Crippen LogP contribution >= 0.6 is 0 Å². The zero-order valence-electron chi connectivity index (χ0n) is 9.32. The molecule has 3 nitrogen and oxygen atoms in total. The lowest BCUT2D eigenvalue weighted by Crippen LogP contribution is -2.15. The normalized spacial score (nSPS) is 11.9. The van der Waals surface area contributed by atoms with E-state index in [9.17, 15) is 4.79 Å². The maximum Gasteiger partial charge on any atom is 0.308 e. The van der Waals surface area contributed by atoms with Crippen molar-refractivity contribution in [3.8, 4) is 5.75 Å². The van der Waals surface area contributed by atoms with E-state index in [1.165, 1.54) is 7.11 Å². The van der Waals surface area contributed by atoms with Crippen LogP contribution < -0.4 is 4.74 Å². The molecule has 15 heavy (non-hydrogen) atoms. The minimum Gasteiger partial charge on any atom is -0.497 e. The number of esters is 1. The van der Waals surface area contributed by atoms with Crippen molar-refractivity contribution in [3.05, 3.63) is 29.8 Å². The van der Waals surface area contributed by atoms with Gasteiger partial charge in [-0.15, -0.1) is 0 Å². The highest BCUT2D eigenvalue weighted by Crippen LogP contribution is 2.16. The van der Waals surface area contributed by atoms with Crippen LogP contribution in [0.5, 0.6) is 5.75 Å². The molecule has 1 rings (SSSR count). The van der Waals surface area contributed by atoms with E-state index in [1.807, 2.05) is 31.2 Å². The first-order valence-electron chi connectivity index (χ1n) is 4.88. The van der Waals surface area contributed by atoms with Crippen molar-refractivity contribution in [2.75, 3.05) is 14.2 Å². The lowest BCUT2D eigenvalue weighted by Gasteiger charge is -2.09. The molecule has 0 spiro atoms. The highest BCUT2D eigenvalue weighted by molar-refractivity contribution is 5.72. The molecule has 0 saturated heterocycles. The third kappa shape index (κ3) is 3.27. The van der Waals surface area contributed by atoms with Crippen molar-refractivity contribution in [3.63, 3.8) is 0 Å². The average molecular weight is 208 g/mol. The summed E-state index contributed by atoms with van der Waals surface area (Å²) in [7, 11) is 3.03. The lowest BCUT2D eigenvalue weighted by molar-refractivity contribution is -0.144. The SMILES string of the molecule is COC(=O)[C@H](C)Cc1cccc(OC)c1. The minimum absolute atomic E-state index is 0.123. The number of carbonyl (C=O) groups excluding carboxylic acids is 1. The van der Waals surface area contributed by atoms with Crippen molar-refractivity contribution in [1.29, 1.82) is 0 Å². The zero-order chi connectivity index (χ0) is 11.3. The Morgan fingerprint density at radius 1 is 1.40 bits per heavy atom. The van der Waals surface area contributed by atoms with Crippen LogP contribution in [0.25, 0.3) is 0 Å². The van der Waals surface area contributed by atoms with E-state index in [-0.39, 0.29) is 11.9 Å². The summed E-state index contributed by atoms with van der Waals surface area (Å²) in [6.45, 7) is 1.85. The molecule has 1 aromatic rings. The maximum absolute atomic E-state index is 11.2. The summed E-state index contributed by atoms with van der Waals surface area (Å²) in [4.78, 5) is 11.2. The van der Waals surface area contributed by atoms with E-state index in [0.717, 1.165) is 11.3 Å². The second-order valence-corrected chi connectivity index (χ2v) is 3.48. The van der Waals surface area contributed by atoms with Crippen LogP contribution in [0.1, 0.15) is 12.5 Å². The maximum atomic E-state index is 11.2. The van der Waals surface area contributed by atoms with Crippen molar-refractivity contribution in [2.45, 2.75) is 13.3 Å². The van der Waals surface area contributed by atoms with Crippen LogP contribution in [-0.4, -0.2) is 20.2 Å². The van der Waals surface area contributed by atoms with Crippen LogP contribution in [0.15, 0.2) is 24.3 Å². The Balaban J connectivity index is 2.67. The molecule has 0 amide bonds. The lowest BCUT2D eigenvalue weighted by atomic mass is 10.0. The Bertz CT molecular complexity index is 333. The molecule has 82 valence electrons. The van der Waals surface area contributed by atoms with E-state index >= 15 is 0 Å². The number of hydrogen-bond acceptors (Lipinski definition) is 3. The van der Waals surface area contributed by atoms with Gasteiger partial charge in [0.25, 0.3) is 0 Å². The van der Waals surface area contributed by atoms with Crippen LogP contribution in [-0.2, 0) is 16.0 Å². The Morgan fingerprint density at radius 2 is 2.13 bits per heavy atom. The quantitative estimate of drug-likeness (QED) is 0.710. The van der Waals surface area contributed by atoms with Crippen LogP contribution in [0.2, 0.25) is 0 Å². The van der Waals surface area contributed by atoms with Crippen molar-refractivity contribution < 1.29 is 14.3 Å². The van der Waals surface area contributed by atoms with E-state index in [0.29, 0.717) is 6.42 Å². The third-order valence-corrected chi connectivity index (χ3v) is 2.28. The predicted octanol–water partition coefficient (Wildman–Crippen LogP) is 2.05. The molecule has 1 atom stereocenters. The van der Waals surface area contributed by atoms with Crippen molar-refractivity contribution in [2.24, 2.45) is 5.92 Å². The molecule has 0 saturated carbocycles. The summed E-state index contributed by atoms with van der Waals surface area (Å²) in [6.07, 6.45) is 0.671. The molecule has 0 fully saturated rings. The van der Waals surface area contributed by atoms with E-state index in [1.54, 1.807) is 7.11 Å². The third-order valence-electron chi connectivity index (χ3n) is 2.28. The monoisotopic (exact) mass is 208 g/mol. The molecule has 0 aliphatic rings. The summed E-state index contributed by atoms with van der Waals surface area (Å²) in [5, 5.41) is 0. The van der Waals surface area contributed by atoms with Crippen LogP contribution in [0.3, 0.4) is 0 Å². The molecule has 1 aromatic carbocycles. The van der Waals surface area contributed by atoms with Gasteiger partial charge in [0, 0.05) is 0 Å². The highest BCUT2D eigenvalue weighted by Gasteiger charge is 2.13. The largest absolute Gasteiger partial charge is 0.497 e. The molecular weight excluding hydrogens is 192 g/mol. The van der Waals surface area contributed by atoms with Crippen LogP contribution in [0.4, 0.5) is 0 Å². The van der Waals surface area contributed by atoms with Crippen LogP contribution in [0, 0.1) is 5.92 Å². The number of ether oxygens (including phenoxy) is 2. The standard InChI is InChI=1S/C12H16O3/c1-9(12(13)15-3)7-10-5-4-6-11(8-10)14-2/h4-6,8-9H,7H2,1-3H3/t9-/m1/s1. The van der Waals surface area contributed by atoms with Gasteiger partial charge in [-0.2, -0.15) is 0 Å². The number of carbonyl (C=O) groups is 1. The second-order valence-electron chi connectivity index (χ2n) is 3.48. The van der Waals surface area contributed by atoms with Gasteiger partial charge in [0.05, 0.1) is 20.1 Å². The van der Waals surface area contributed by atoms with E-state index in [2.05, 4.69) is 4.74 Å². The van der Waals surface area contributed by atoms with E-state index in [4.69, 9.17) is 4.74 Å². The molecule has 0 aliphatic heterocycles. The van der Waals surface area contributed by atoms with Crippen molar-refractivity contribution in [1.82, 2.24) is 0 Å². The summed E-state index contributed by atoms with van der Waals surface area (Å²) in [5.41, 5.74) is 1.08. The van der Waals surface area contributed by atoms with Gasteiger partial charge >= 0.3 is 5.97 Å². The molecule has 0 aliphatic carbocycles. The molecule has 0 bridgehead atoms. The van der Waals surface area contributed by atoms with Gasteiger partial charge < -0.3 is 9.47 Å². The zero-order valence-corrected chi connectivity index (χ0v) is 9.32. The Kier molecular flexibility index (Phi) is 4.16. The molecule has 0 N–H and O–H groups in total. The number of hydrogen-bond donors (Lipinski definition) is 0. The first kappa shape index (κ1) is 11.6. The first-order chi connectivity index (χ1) is 7.17. The van der Waals surface area contributed by atoms with Gasteiger partial charge in [0.2, 0.25) is 0 Å².